The quantitative estimate of drug-likeness (QED) is 0.791. The number of anilines is 2. The van der Waals surface area contributed by atoms with Crippen LogP contribution < -0.4 is 11.1 Å². The largest absolute Gasteiger partial charge is 0.368 e. The van der Waals surface area contributed by atoms with Gasteiger partial charge in [-0.25, -0.2) is 0 Å². The van der Waals surface area contributed by atoms with Crippen LogP contribution in [-0.4, -0.2) is 24.7 Å². The minimum atomic E-state index is 0.240. The fourth-order valence-corrected chi connectivity index (χ4v) is 1.42. The Balaban J connectivity index is 2.09. The van der Waals surface area contributed by atoms with Gasteiger partial charge in [0.15, 0.2) is 0 Å². The second-order valence-electron chi connectivity index (χ2n) is 3.59. The van der Waals surface area contributed by atoms with Crippen molar-refractivity contribution in [3.8, 4) is 0 Å². The Morgan fingerprint density at radius 1 is 1.35 bits per heavy atom. The van der Waals surface area contributed by atoms with Crippen molar-refractivity contribution in [2.45, 2.75) is 19.9 Å². The van der Waals surface area contributed by atoms with Crippen molar-refractivity contribution in [2.75, 3.05) is 11.1 Å². The first-order valence-corrected chi connectivity index (χ1v) is 5.40. The molecule has 0 saturated heterocycles. The van der Waals surface area contributed by atoms with Crippen LogP contribution in [0.4, 0.5) is 11.9 Å². The SMILES string of the molecule is CCc1nc(N)nc(NCc2ccnn2C)n1. The zero-order valence-electron chi connectivity index (χ0n) is 9.88. The van der Waals surface area contributed by atoms with Crippen LogP contribution in [0, 0.1) is 0 Å². The van der Waals surface area contributed by atoms with E-state index in [0.29, 0.717) is 18.3 Å². The van der Waals surface area contributed by atoms with Crippen molar-refractivity contribution in [3.63, 3.8) is 0 Å². The Labute approximate surface area is 99.1 Å². The molecule has 0 bridgehead atoms. The molecule has 0 atom stereocenters. The monoisotopic (exact) mass is 233 g/mol. The number of nitrogen functional groups attached to an aromatic ring is 1. The molecule has 0 fully saturated rings. The molecular weight excluding hydrogens is 218 g/mol. The van der Waals surface area contributed by atoms with Crippen LogP contribution in [0.25, 0.3) is 0 Å². The molecule has 0 unspecified atom stereocenters. The van der Waals surface area contributed by atoms with E-state index in [1.165, 1.54) is 0 Å². The molecule has 0 amide bonds. The van der Waals surface area contributed by atoms with E-state index in [1.807, 2.05) is 20.0 Å². The molecule has 0 spiro atoms. The average molecular weight is 233 g/mol. The highest BCUT2D eigenvalue weighted by atomic mass is 15.3. The number of nitrogens with one attached hydrogen (secondary N) is 1. The van der Waals surface area contributed by atoms with Gasteiger partial charge in [0, 0.05) is 19.7 Å². The van der Waals surface area contributed by atoms with E-state index >= 15 is 0 Å². The Hall–Kier alpha value is -2.18. The van der Waals surface area contributed by atoms with Crippen molar-refractivity contribution in [2.24, 2.45) is 7.05 Å². The van der Waals surface area contributed by atoms with Crippen LogP contribution in [0.5, 0.6) is 0 Å². The van der Waals surface area contributed by atoms with Crippen molar-refractivity contribution in [3.05, 3.63) is 23.8 Å². The molecule has 0 aromatic carbocycles. The maximum atomic E-state index is 5.59. The lowest BCUT2D eigenvalue weighted by Crippen LogP contribution is -2.11. The number of nitrogens with two attached hydrogens (primary N) is 1. The smallest absolute Gasteiger partial charge is 0.228 e. The molecule has 0 aliphatic heterocycles. The van der Waals surface area contributed by atoms with E-state index in [0.717, 1.165) is 12.1 Å². The van der Waals surface area contributed by atoms with Crippen LogP contribution >= 0.6 is 0 Å². The molecule has 2 rings (SSSR count). The summed E-state index contributed by atoms with van der Waals surface area (Å²) in [5, 5.41) is 7.18. The van der Waals surface area contributed by atoms with Gasteiger partial charge >= 0.3 is 0 Å². The highest BCUT2D eigenvalue weighted by Crippen LogP contribution is 2.05. The van der Waals surface area contributed by atoms with Crippen LogP contribution in [0.2, 0.25) is 0 Å². The lowest BCUT2D eigenvalue weighted by atomic mass is 10.4. The standard InChI is InChI=1S/C10H15N7/c1-3-8-14-9(11)16-10(15-8)12-6-7-4-5-13-17(7)2/h4-5H,3,6H2,1-2H3,(H3,11,12,14,15,16). The Morgan fingerprint density at radius 2 is 2.18 bits per heavy atom. The van der Waals surface area contributed by atoms with Gasteiger partial charge in [0.25, 0.3) is 0 Å². The number of rotatable bonds is 4. The number of nitrogens with zero attached hydrogens (tertiary/aromatic N) is 5. The van der Waals surface area contributed by atoms with E-state index in [9.17, 15) is 0 Å². The van der Waals surface area contributed by atoms with E-state index in [4.69, 9.17) is 5.73 Å². The van der Waals surface area contributed by atoms with Gasteiger partial charge in [-0.15, -0.1) is 0 Å². The fraction of sp³-hybridized carbons (Fsp3) is 0.400. The van der Waals surface area contributed by atoms with Crippen molar-refractivity contribution >= 4 is 11.9 Å². The molecule has 0 aliphatic carbocycles. The minimum absolute atomic E-state index is 0.240. The second kappa shape index (κ2) is 4.77. The second-order valence-corrected chi connectivity index (χ2v) is 3.59. The van der Waals surface area contributed by atoms with Gasteiger partial charge in [0.1, 0.15) is 5.82 Å². The number of hydrogen-bond donors (Lipinski definition) is 2. The van der Waals surface area contributed by atoms with E-state index in [-0.39, 0.29) is 5.95 Å². The molecule has 2 heterocycles. The molecular formula is C10H15N7. The summed E-state index contributed by atoms with van der Waals surface area (Å²) in [7, 11) is 1.89. The van der Waals surface area contributed by atoms with Crippen LogP contribution in [0.15, 0.2) is 12.3 Å². The van der Waals surface area contributed by atoms with E-state index < -0.39 is 0 Å². The maximum Gasteiger partial charge on any atom is 0.228 e. The normalized spacial score (nSPS) is 10.5. The van der Waals surface area contributed by atoms with Gasteiger partial charge in [-0.3, -0.25) is 4.68 Å². The molecule has 7 heteroatoms. The van der Waals surface area contributed by atoms with Gasteiger partial charge in [-0.2, -0.15) is 20.1 Å². The van der Waals surface area contributed by atoms with Gasteiger partial charge in [0.2, 0.25) is 11.9 Å². The van der Waals surface area contributed by atoms with Crippen molar-refractivity contribution < 1.29 is 0 Å². The van der Waals surface area contributed by atoms with Crippen LogP contribution in [-0.2, 0) is 20.0 Å². The molecule has 0 aliphatic rings. The summed E-state index contributed by atoms with van der Waals surface area (Å²) < 4.78 is 1.79. The zero-order valence-corrected chi connectivity index (χ0v) is 9.88. The first-order chi connectivity index (χ1) is 8.19. The Bertz CT molecular complexity index is 505. The summed E-state index contributed by atoms with van der Waals surface area (Å²) in [6.07, 6.45) is 2.48. The van der Waals surface area contributed by atoms with Gasteiger partial charge in [-0.05, 0) is 6.07 Å². The highest BCUT2D eigenvalue weighted by Gasteiger charge is 2.04. The molecule has 0 saturated carbocycles. The summed E-state index contributed by atoms with van der Waals surface area (Å²) in [5.74, 6) is 1.42. The minimum Gasteiger partial charge on any atom is -0.368 e. The van der Waals surface area contributed by atoms with Gasteiger partial charge in [-0.1, -0.05) is 6.92 Å². The highest BCUT2D eigenvalue weighted by molar-refractivity contribution is 5.31. The third-order valence-electron chi connectivity index (χ3n) is 2.37. The van der Waals surface area contributed by atoms with Crippen LogP contribution in [0.1, 0.15) is 18.4 Å². The van der Waals surface area contributed by atoms with Gasteiger partial charge in [0.05, 0.1) is 12.2 Å². The summed E-state index contributed by atoms with van der Waals surface area (Å²) in [5.41, 5.74) is 6.64. The lowest BCUT2D eigenvalue weighted by Gasteiger charge is -2.06. The van der Waals surface area contributed by atoms with Crippen molar-refractivity contribution in [1.82, 2.24) is 24.7 Å². The third-order valence-corrected chi connectivity index (χ3v) is 2.37. The molecule has 90 valence electrons. The topological polar surface area (TPSA) is 94.5 Å². The molecule has 3 N–H and O–H groups in total. The third kappa shape index (κ3) is 2.68. The maximum absolute atomic E-state index is 5.59. The molecule has 17 heavy (non-hydrogen) atoms. The summed E-state index contributed by atoms with van der Waals surface area (Å²) >= 11 is 0. The molecule has 2 aromatic heterocycles. The summed E-state index contributed by atoms with van der Waals surface area (Å²) in [6.45, 7) is 2.57. The number of aryl methyl sites for hydroxylation is 2. The fourth-order valence-electron chi connectivity index (χ4n) is 1.42. The molecule has 7 nitrogen and oxygen atoms in total. The van der Waals surface area contributed by atoms with Crippen LogP contribution in [0.3, 0.4) is 0 Å². The first kappa shape index (κ1) is 11.3. The van der Waals surface area contributed by atoms with Crippen molar-refractivity contribution in [1.29, 1.82) is 0 Å². The average Bonchev–Trinajstić information content (AvgIpc) is 2.71. The Morgan fingerprint density at radius 3 is 2.82 bits per heavy atom. The summed E-state index contributed by atoms with van der Waals surface area (Å²) in [4.78, 5) is 12.3. The number of hydrogen-bond acceptors (Lipinski definition) is 6. The van der Waals surface area contributed by atoms with E-state index in [2.05, 4.69) is 25.4 Å². The predicted octanol–water partition coefficient (Wildman–Crippen LogP) is 0.362. The summed E-state index contributed by atoms with van der Waals surface area (Å²) in [6, 6.07) is 1.93. The first-order valence-electron chi connectivity index (χ1n) is 5.40. The zero-order chi connectivity index (χ0) is 12.3. The predicted molar refractivity (Wildman–Crippen MR) is 64.2 cm³/mol. The molecule has 0 radical (unpaired) electrons. The lowest BCUT2D eigenvalue weighted by molar-refractivity contribution is 0.718. The van der Waals surface area contributed by atoms with E-state index in [1.54, 1.807) is 10.9 Å². The Kier molecular flexibility index (Phi) is 3.17. The molecule has 2 aromatic rings. The number of aromatic nitrogens is 5. The van der Waals surface area contributed by atoms with Gasteiger partial charge < -0.3 is 11.1 Å².